The maximum absolute atomic E-state index is 7.13. The SMILES string of the molecule is N#C[S-].[Au].[Na+]. The summed E-state index contributed by atoms with van der Waals surface area (Å²) < 4.78 is 0. The van der Waals surface area contributed by atoms with Crippen LogP contribution < -0.4 is 29.6 Å². The standard InChI is InChI=1S/CHNS.Au.Na/c2-1-3;;/h3H;;/q;;+1/p-1. The molecule has 0 aromatic carbocycles. The van der Waals surface area contributed by atoms with Crippen LogP contribution in [-0.2, 0) is 35.0 Å². The van der Waals surface area contributed by atoms with Crippen molar-refractivity contribution in [2.45, 2.75) is 0 Å². The number of nitriles is 1. The van der Waals surface area contributed by atoms with Gasteiger partial charge in [0.1, 0.15) is 0 Å². The average Bonchev–Trinajstić information content (AvgIpc) is 0.918. The largest absolute Gasteiger partial charge is 1.00 e. The molecule has 5 heavy (non-hydrogen) atoms. The summed E-state index contributed by atoms with van der Waals surface area (Å²) in [6.45, 7) is 0. The Balaban J connectivity index is -0.0000000200. The molecule has 0 aliphatic heterocycles. The van der Waals surface area contributed by atoms with Gasteiger partial charge in [-0.2, -0.15) is 0 Å². The van der Waals surface area contributed by atoms with E-state index in [0.29, 0.717) is 0 Å². The first-order chi connectivity index (χ1) is 1.41. The van der Waals surface area contributed by atoms with Gasteiger partial charge in [-0.1, -0.05) is 5.40 Å². The summed E-state index contributed by atoms with van der Waals surface area (Å²) in [7, 11) is 0. The summed E-state index contributed by atoms with van der Waals surface area (Å²) >= 11 is 3.70. The molecule has 4 heteroatoms. The molecule has 0 saturated heterocycles. The summed E-state index contributed by atoms with van der Waals surface area (Å²) in [5.41, 5.74) is 0. The van der Waals surface area contributed by atoms with Crippen LogP contribution in [0.15, 0.2) is 0 Å². The predicted octanol–water partition coefficient (Wildman–Crippen LogP) is -2.98. The molecule has 0 N–H and O–H groups in total. The number of nitrogens with zero attached hydrogens (tertiary/aromatic N) is 1. The van der Waals surface area contributed by atoms with Crippen molar-refractivity contribution < 1.29 is 51.9 Å². The Morgan fingerprint density at radius 1 is 1.60 bits per heavy atom. The fourth-order valence-electron chi connectivity index (χ4n) is 0. The summed E-state index contributed by atoms with van der Waals surface area (Å²) in [4.78, 5) is 0. The maximum atomic E-state index is 7.13. The molecule has 0 amide bonds. The summed E-state index contributed by atoms with van der Waals surface area (Å²) in [5.74, 6) is 0. The second-order valence-electron chi connectivity index (χ2n) is 0.0913. The zero-order valence-corrected chi connectivity index (χ0v) is 7.64. The topological polar surface area (TPSA) is 23.8 Å². The van der Waals surface area contributed by atoms with Crippen molar-refractivity contribution in [1.82, 2.24) is 0 Å². The van der Waals surface area contributed by atoms with Gasteiger partial charge < -0.3 is 12.6 Å². The van der Waals surface area contributed by atoms with Crippen molar-refractivity contribution in [2.75, 3.05) is 0 Å². The third-order valence-corrected chi connectivity index (χ3v) is 0. The number of rotatable bonds is 0. The Kier molecular flexibility index (Phi) is 57.9. The molecule has 0 rings (SSSR count). The average molecular weight is 278 g/mol. The molecular weight excluding hydrogens is 278 g/mol. The molecule has 0 saturated carbocycles. The van der Waals surface area contributed by atoms with Gasteiger partial charge in [0.05, 0.1) is 0 Å². The van der Waals surface area contributed by atoms with Crippen LogP contribution in [0.5, 0.6) is 0 Å². The van der Waals surface area contributed by atoms with E-state index in [2.05, 4.69) is 12.6 Å². The second kappa shape index (κ2) is 18.0. The van der Waals surface area contributed by atoms with Crippen molar-refractivity contribution in [1.29, 1.82) is 5.26 Å². The minimum absolute atomic E-state index is 0. The maximum Gasteiger partial charge on any atom is 1.00 e. The van der Waals surface area contributed by atoms with E-state index >= 15 is 0 Å². The van der Waals surface area contributed by atoms with Crippen LogP contribution in [-0.4, -0.2) is 0 Å². The van der Waals surface area contributed by atoms with Crippen LogP contribution in [0.25, 0.3) is 0 Å². The Hall–Kier alpha value is 1.45. The number of hydrogen-bond acceptors (Lipinski definition) is 2. The molecule has 0 aliphatic rings. The fraction of sp³-hybridized carbons (Fsp3) is 0. The molecule has 0 spiro atoms. The van der Waals surface area contributed by atoms with Crippen LogP contribution in [0, 0.1) is 10.7 Å². The molecule has 0 fully saturated rings. The van der Waals surface area contributed by atoms with Crippen LogP contribution in [0.4, 0.5) is 0 Å². The Morgan fingerprint density at radius 3 is 1.60 bits per heavy atom. The first-order valence-electron chi connectivity index (χ1n) is 0.428. The monoisotopic (exact) mass is 278 g/mol. The van der Waals surface area contributed by atoms with Crippen molar-refractivity contribution in [3.63, 3.8) is 0 Å². The van der Waals surface area contributed by atoms with Gasteiger partial charge in [-0.25, -0.2) is 5.26 Å². The first kappa shape index (κ1) is 16.1. The van der Waals surface area contributed by atoms with E-state index in [-0.39, 0.29) is 51.9 Å². The molecule has 0 aromatic heterocycles. The van der Waals surface area contributed by atoms with Crippen molar-refractivity contribution in [2.24, 2.45) is 0 Å². The predicted molar refractivity (Wildman–Crippen MR) is 13.0 cm³/mol. The van der Waals surface area contributed by atoms with Crippen LogP contribution in [0.1, 0.15) is 0 Å². The minimum Gasteiger partial charge on any atom is -0.696 e. The van der Waals surface area contributed by atoms with E-state index in [1.54, 1.807) is 0 Å². The molecule has 0 aromatic rings. The Morgan fingerprint density at radius 2 is 1.60 bits per heavy atom. The van der Waals surface area contributed by atoms with Crippen molar-refractivity contribution in [3.8, 4) is 5.40 Å². The van der Waals surface area contributed by atoms with Gasteiger partial charge in [0.2, 0.25) is 0 Å². The van der Waals surface area contributed by atoms with Gasteiger partial charge in [-0.05, 0) is 0 Å². The van der Waals surface area contributed by atoms with E-state index in [1.165, 1.54) is 5.40 Å². The molecule has 0 bridgehead atoms. The molecular formula is CAuNNaS. The van der Waals surface area contributed by atoms with Crippen LogP contribution in [0.3, 0.4) is 0 Å². The van der Waals surface area contributed by atoms with E-state index in [4.69, 9.17) is 5.26 Å². The Bertz CT molecular complexity index is 33.1. The second-order valence-corrected chi connectivity index (χ2v) is 0.274. The number of hydrogen-bond donors (Lipinski definition) is 0. The minimum atomic E-state index is 0. The van der Waals surface area contributed by atoms with Gasteiger partial charge in [0.15, 0.2) is 0 Å². The molecule has 1 nitrogen and oxygen atoms in total. The van der Waals surface area contributed by atoms with Crippen molar-refractivity contribution in [3.05, 3.63) is 0 Å². The molecule has 27 valence electrons. The van der Waals surface area contributed by atoms with E-state index in [0.717, 1.165) is 0 Å². The van der Waals surface area contributed by atoms with Gasteiger partial charge in [-0.15, -0.1) is 0 Å². The summed E-state index contributed by atoms with van der Waals surface area (Å²) in [6, 6.07) is 0. The zero-order valence-electron chi connectivity index (χ0n) is 2.66. The van der Waals surface area contributed by atoms with E-state index < -0.39 is 0 Å². The van der Waals surface area contributed by atoms with E-state index in [1.807, 2.05) is 0 Å². The van der Waals surface area contributed by atoms with Gasteiger partial charge in [0, 0.05) is 22.4 Å². The Labute approximate surface area is 74.3 Å². The fourth-order valence-corrected chi connectivity index (χ4v) is 0. The molecule has 0 aliphatic carbocycles. The number of thiocyanates is 1. The third-order valence-electron chi connectivity index (χ3n) is 0. The van der Waals surface area contributed by atoms with E-state index in [9.17, 15) is 0 Å². The smallest absolute Gasteiger partial charge is 0.696 e. The zero-order chi connectivity index (χ0) is 2.71. The van der Waals surface area contributed by atoms with Crippen LogP contribution in [0.2, 0.25) is 0 Å². The van der Waals surface area contributed by atoms with Gasteiger partial charge in [0.25, 0.3) is 0 Å². The third kappa shape index (κ3) is 30.8. The quantitative estimate of drug-likeness (QED) is 0.268. The molecule has 1 radical (unpaired) electrons. The first-order valence-corrected chi connectivity index (χ1v) is 0.836. The van der Waals surface area contributed by atoms with Crippen LogP contribution >= 0.6 is 0 Å². The van der Waals surface area contributed by atoms with Gasteiger partial charge in [-0.3, -0.25) is 0 Å². The van der Waals surface area contributed by atoms with Gasteiger partial charge >= 0.3 is 29.6 Å². The molecule has 0 heterocycles. The molecule has 0 atom stereocenters. The normalized spacial score (nSPS) is 1.40. The molecule has 0 unspecified atom stereocenters. The summed E-state index contributed by atoms with van der Waals surface area (Å²) in [6.07, 6.45) is 0. The summed E-state index contributed by atoms with van der Waals surface area (Å²) in [5, 5.41) is 8.47. The van der Waals surface area contributed by atoms with Crippen molar-refractivity contribution >= 4 is 12.6 Å².